The van der Waals surface area contributed by atoms with Crippen molar-refractivity contribution in [3.05, 3.63) is 74.3 Å². The van der Waals surface area contributed by atoms with E-state index in [1.54, 1.807) is 22.7 Å². The maximum atomic E-state index is 15.5. The molecule has 2 aliphatic rings. The van der Waals surface area contributed by atoms with Crippen molar-refractivity contribution in [2.24, 2.45) is 17.8 Å². The highest BCUT2D eigenvalue weighted by Crippen LogP contribution is 2.54. The molecule has 60 heavy (non-hydrogen) atoms. The van der Waals surface area contributed by atoms with Crippen LogP contribution < -0.4 is 0 Å². The van der Waals surface area contributed by atoms with Gasteiger partial charge in [-0.1, -0.05) is 186 Å². The number of benzene rings is 1. The summed E-state index contributed by atoms with van der Waals surface area (Å²) in [5.41, 5.74) is 4.18. The van der Waals surface area contributed by atoms with E-state index < -0.39 is 5.92 Å². The SMILES string of the molecule is CCCCCCCCC(CCCCCC)CN1C(=O)C2C(=C1c1ccc(C)s1)C(=O)N(CC(CCCCCC)CCCCCCCC)C2c1ccc(-c2ccc(C)cc2)s1. The molecular formula is C54H82N2O2S2. The number of carbonyl (C=O) groups is 2. The molecule has 0 N–H and O–H groups in total. The van der Waals surface area contributed by atoms with Crippen molar-refractivity contribution in [3.8, 4) is 10.4 Å². The first-order valence-corrected chi connectivity index (χ1v) is 26.5. The van der Waals surface area contributed by atoms with Crippen LogP contribution in [0.5, 0.6) is 0 Å². The minimum atomic E-state index is -0.469. The lowest BCUT2D eigenvalue weighted by Gasteiger charge is -2.33. The van der Waals surface area contributed by atoms with Crippen LogP contribution in [0.4, 0.5) is 0 Å². The summed E-state index contributed by atoms with van der Waals surface area (Å²) in [6.45, 7) is 14.9. The Labute approximate surface area is 375 Å². The second-order valence-electron chi connectivity index (χ2n) is 18.6. The van der Waals surface area contributed by atoms with Crippen LogP contribution in [0.3, 0.4) is 0 Å². The Morgan fingerprint density at radius 3 is 1.53 bits per heavy atom. The highest BCUT2D eigenvalue weighted by Gasteiger charge is 2.57. The molecule has 1 fully saturated rings. The van der Waals surface area contributed by atoms with E-state index in [2.05, 4.69) is 99.9 Å². The molecule has 1 saturated heterocycles. The van der Waals surface area contributed by atoms with E-state index in [-0.39, 0.29) is 17.9 Å². The molecule has 0 radical (unpaired) electrons. The fraction of sp³-hybridized carbons (Fsp3) is 0.667. The number of hydrogen-bond acceptors (Lipinski definition) is 4. The molecule has 2 aliphatic heterocycles. The third-order valence-electron chi connectivity index (χ3n) is 13.5. The Bertz CT molecular complexity index is 1740. The number of carbonyl (C=O) groups excluding carboxylic acids is 2. The predicted molar refractivity (Wildman–Crippen MR) is 261 cm³/mol. The van der Waals surface area contributed by atoms with E-state index in [0.717, 1.165) is 59.8 Å². The molecule has 5 rings (SSSR count). The van der Waals surface area contributed by atoms with Gasteiger partial charge in [0.2, 0.25) is 5.91 Å². The maximum Gasteiger partial charge on any atom is 0.253 e. The van der Waals surface area contributed by atoms with Crippen LogP contribution in [0.15, 0.2) is 54.1 Å². The van der Waals surface area contributed by atoms with Gasteiger partial charge in [0.15, 0.2) is 0 Å². The van der Waals surface area contributed by atoms with Gasteiger partial charge in [0.05, 0.1) is 28.1 Å². The molecule has 0 spiro atoms. The molecule has 2 amide bonds. The highest BCUT2D eigenvalue weighted by atomic mass is 32.1. The molecule has 4 atom stereocenters. The zero-order valence-corrected chi connectivity index (χ0v) is 40.5. The summed E-state index contributed by atoms with van der Waals surface area (Å²) in [6, 6.07) is 17.4. The van der Waals surface area contributed by atoms with Crippen LogP contribution in [0.25, 0.3) is 16.1 Å². The maximum absolute atomic E-state index is 15.5. The summed E-state index contributed by atoms with van der Waals surface area (Å²) >= 11 is 3.54. The minimum Gasteiger partial charge on any atom is -0.330 e. The molecule has 0 saturated carbocycles. The topological polar surface area (TPSA) is 40.6 Å². The first-order valence-electron chi connectivity index (χ1n) is 24.9. The molecule has 4 nitrogen and oxygen atoms in total. The van der Waals surface area contributed by atoms with Gasteiger partial charge >= 0.3 is 0 Å². The lowest BCUT2D eigenvalue weighted by molar-refractivity contribution is -0.131. The Hall–Kier alpha value is -2.70. The number of rotatable bonds is 31. The van der Waals surface area contributed by atoms with Crippen LogP contribution >= 0.6 is 22.7 Å². The summed E-state index contributed by atoms with van der Waals surface area (Å²) < 4.78 is 0. The van der Waals surface area contributed by atoms with Crippen molar-refractivity contribution in [3.63, 3.8) is 0 Å². The monoisotopic (exact) mass is 855 g/mol. The molecule has 2 aromatic heterocycles. The van der Waals surface area contributed by atoms with Gasteiger partial charge in [-0.05, 0) is 81.2 Å². The molecule has 4 unspecified atom stereocenters. The first-order chi connectivity index (χ1) is 29.3. The quantitative estimate of drug-likeness (QED) is 0.0605. The second kappa shape index (κ2) is 26.0. The van der Waals surface area contributed by atoms with Crippen molar-refractivity contribution in [1.82, 2.24) is 9.80 Å². The van der Waals surface area contributed by atoms with E-state index >= 15 is 9.59 Å². The van der Waals surface area contributed by atoms with E-state index in [1.165, 1.54) is 149 Å². The van der Waals surface area contributed by atoms with Crippen molar-refractivity contribution < 1.29 is 9.59 Å². The first kappa shape index (κ1) is 48.3. The Morgan fingerprint density at radius 1 is 0.533 bits per heavy atom. The van der Waals surface area contributed by atoms with Gasteiger partial charge < -0.3 is 9.80 Å². The van der Waals surface area contributed by atoms with Crippen molar-refractivity contribution in [1.29, 1.82) is 0 Å². The van der Waals surface area contributed by atoms with Crippen LogP contribution in [-0.2, 0) is 9.59 Å². The lowest BCUT2D eigenvalue weighted by atomic mass is 9.92. The number of aryl methyl sites for hydroxylation is 2. The van der Waals surface area contributed by atoms with E-state index in [4.69, 9.17) is 0 Å². The Kier molecular flexibility index (Phi) is 21.0. The number of fused-ring (bicyclic) bond motifs is 1. The molecule has 6 heteroatoms. The smallest absolute Gasteiger partial charge is 0.253 e. The fourth-order valence-corrected chi connectivity index (χ4v) is 12.0. The zero-order valence-electron chi connectivity index (χ0n) is 38.8. The van der Waals surface area contributed by atoms with Gasteiger partial charge in [-0.2, -0.15) is 0 Å². The third kappa shape index (κ3) is 13.6. The third-order valence-corrected chi connectivity index (χ3v) is 15.7. The molecule has 4 heterocycles. The lowest BCUT2D eigenvalue weighted by Crippen LogP contribution is -2.39. The van der Waals surface area contributed by atoms with Gasteiger partial charge in [0, 0.05) is 27.7 Å². The molecule has 3 aromatic rings. The van der Waals surface area contributed by atoms with Crippen molar-refractivity contribution in [2.45, 2.75) is 202 Å². The van der Waals surface area contributed by atoms with Gasteiger partial charge in [-0.15, -0.1) is 22.7 Å². The van der Waals surface area contributed by atoms with Crippen molar-refractivity contribution in [2.75, 3.05) is 13.1 Å². The molecule has 0 bridgehead atoms. The normalized spacial score (nSPS) is 17.7. The van der Waals surface area contributed by atoms with Gasteiger partial charge in [-0.25, -0.2) is 0 Å². The number of hydrogen-bond donors (Lipinski definition) is 0. The fourth-order valence-electron chi connectivity index (χ4n) is 9.93. The molecule has 1 aromatic carbocycles. The second-order valence-corrected chi connectivity index (χ2v) is 21.0. The highest BCUT2D eigenvalue weighted by molar-refractivity contribution is 7.15. The number of thiophene rings is 2. The summed E-state index contributed by atoms with van der Waals surface area (Å²) in [5, 5.41) is 0. The summed E-state index contributed by atoms with van der Waals surface area (Å²) in [5.74, 6) is 0.693. The number of amides is 2. The van der Waals surface area contributed by atoms with Gasteiger partial charge in [-0.3, -0.25) is 9.59 Å². The Morgan fingerprint density at radius 2 is 1.02 bits per heavy atom. The van der Waals surface area contributed by atoms with Gasteiger partial charge in [0.25, 0.3) is 5.91 Å². The number of nitrogens with zero attached hydrogens (tertiary/aromatic N) is 2. The Balaban J connectivity index is 1.51. The zero-order chi connectivity index (χ0) is 42.7. The van der Waals surface area contributed by atoms with E-state index in [0.29, 0.717) is 11.8 Å². The van der Waals surface area contributed by atoms with E-state index in [9.17, 15) is 0 Å². The average molecular weight is 855 g/mol. The van der Waals surface area contributed by atoms with Crippen LogP contribution in [0.1, 0.15) is 208 Å². The number of likely N-dealkylation sites (tertiary alicyclic amines) is 1. The predicted octanol–water partition coefficient (Wildman–Crippen LogP) is 16.5. The van der Waals surface area contributed by atoms with Crippen LogP contribution in [0.2, 0.25) is 0 Å². The summed E-state index contributed by atoms with van der Waals surface area (Å²) in [7, 11) is 0. The summed E-state index contributed by atoms with van der Waals surface area (Å²) in [4.78, 5) is 39.9. The minimum absolute atomic E-state index is 0.115. The summed E-state index contributed by atoms with van der Waals surface area (Å²) in [6.07, 6.45) is 30.0. The molecule has 0 aliphatic carbocycles. The van der Waals surface area contributed by atoms with Gasteiger partial charge in [0.1, 0.15) is 0 Å². The average Bonchev–Trinajstić information content (AvgIpc) is 4.03. The van der Waals surface area contributed by atoms with Crippen LogP contribution in [-0.4, -0.2) is 34.7 Å². The van der Waals surface area contributed by atoms with E-state index in [1.807, 2.05) is 0 Å². The van der Waals surface area contributed by atoms with Crippen LogP contribution in [0, 0.1) is 31.6 Å². The molecular weight excluding hydrogens is 773 g/mol. The molecule has 332 valence electrons. The largest absolute Gasteiger partial charge is 0.330 e. The number of unbranched alkanes of at least 4 members (excludes halogenated alkanes) is 16. The van der Waals surface area contributed by atoms with Crippen molar-refractivity contribution >= 4 is 40.2 Å². The standard InChI is InChI=1S/C54H82N2O2S2/c1-7-11-15-19-21-25-29-43(27-23-17-13-9-3)39-55-51(47-36-33-42(6)59-47)49-50(54(55)58)52(48-38-37-46(60-48)45-34-31-41(5)32-35-45)56(53(49)57)40-44(28-24-18-14-10-4)30-26-22-20-16-12-8-2/h31-38,43-44,50,52H,7-30,39-40H2,1-6H3.